The van der Waals surface area contributed by atoms with E-state index in [1.165, 1.54) is 10.4 Å². The molecule has 1 atom stereocenters. The molecule has 0 unspecified atom stereocenters. The normalized spacial score (nSPS) is 12.5. The molecule has 0 aliphatic carbocycles. The van der Waals surface area contributed by atoms with Gasteiger partial charge in [0.15, 0.2) is 5.82 Å². The fourth-order valence-corrected chi connectivity index (χ4v) is 5.72. The number of nitrogens with two attached hydrogens (primary N) is 2. The molecule has 0 amide bonds. The number of thiophene rings is 1. The highest BCUT2D eigenvalue weighted by Crippen LogP contribution is 2.46. The van der Waals surface area contributed by atoms with E-state index in [4.69, 9.17) is 21.4 Å². The molecular formula is C30H32N6S. The third-order valence-corrected chi connectivity index (χ3v) is 7.81. The van der Waals surface area contributed by atoms with Crippen LogP contribution < -0.4 is 16.8 Å². The number of nitrogens with zero attached hydrogens (tertiary/aromatic N) is 3. The summed E-state index contributed by atoms with van der Waals surface area (Å²) >= 11 is 1.74. The van der Waals surface area contributed by atoms with E-state index >= 15 is 0 Å². The molecule has 5 rings (SSSR count). The molecule has 6 nitrogen and oxygen atoms in total. The third kappa shape index (κ3) is 5.48. The van der Waals surface area contributed by atoms with Gasteiger partial charge in [0, 0.05) is 46.7 Å². The molecule has 3 aromatic heterocycles. The lowest BCUT2D eigenvalue weighted by Gasteiger charge is -2.19. The van der Waals surface area contributed by atoms with E-state index in [1.807, 2.05) is 48.5 Å². The summed E-state index contributed by atoms with van der Waals surface area (Å²) in [4.78, 5) is 15.5. The predicted octanol–water partition coefficient (Wildman–Crippen LogP) is 6.28. The largest absolute Gasteiger partial charge is 0.399 e. The van der Waals surface area contributed by atoms with Crippen LogP contribution >= 0.6 is 11.3 Å². The molecule has 0 bridgehead atoms. The van der Waals surface area contributed by atoms with Crippen LogP contribution in [0.3, 0.4) is 0 Å². The van der Waals surface area contributed by atoms with E-state index in [-0.39, 0.29) is 11.5 Å². The van der Waals surface area contributed by atoms with Crippen LogP contribution in [0, 0.1) is 0 Å². The van der Waals surface area contributed by atoms with Crippen molar-refractivity contribution in [2.24, 2.45) is 5.73 Å². The number of aromatic nitrogens is 3. The number of hydrogen-bond acceptors (Lipinski definition) is 7. The first-order valence-electron chi connectivity index (χ1n) is 12.4. The van der Waals surface area contributed by atoms with E-state index in [0.717, 1.165) is 44.8 Å². The smallest absolute Gasteiger partial charge is 0.162 e. The summed E-state index contributed by atoms with van der Waals surface area (Å²) in [7, 11) is 0. The van der Waals surface area contributed by atoms with Crippen LogP contribution in [0.1, 0.15) is 31.2 Å². The van der Waals surface area contributed by atoms with Gasteiger partial charge in [0.1, 0.15) is 5.82 Å². The Kier molecular flexibility index (Phi) is 6.91. The molecule has 0 aliphatic heterocycles. The van der Waals surface area contributed by atoms with E-state index in [2.05, 4.69) is 49.3 Å². The summed E-state index contributed by atoms with van der Waals surface area (Å²) in [6, 6.07) is 22.2. The standard InChI is InChI=1S/C30H32N6S/c1-30(2,3)27-24(21-10-7-11-22(31)17-21)25-26(37-27)29(36-28(35-25)20-12-14-33-15-13-20)34-18-23(32)16-19-8-5-4-6-9-19/h4-15,17,23H,16,18,31-32H2,1-3H3,(H,34,35,36)/t23-/m0/s1. The van der Waals surface area contributed by atoms with Crippen LogP contribution in [0.15, 0.2) is 79.1 Å². The number of pyridine rings is 1. The maximum atomic E-state index is 6.53. The Labute approximate surface area is 221 Å². The van der Waals surface area contributed by atoms with Crippen LogP contribution in [0.4, 0.5) is 11.5 Å². The quantitative estimate of drug-likeness (QED) is 0.224. The molecule has 0 saturated heterocycles. The van der Waals surface area contributed by atoms with Crippen molar-refractivity contribution in [1.82, 2.24) is 15.0 Å². The Balaban J connectivity index is 1.63. The van der Waals surface area contributed by atoms with Gasteiger partial charge in [0.05, 0.1) is 10.2 Å². The van der Waals surface area contributed by atoms with Gasteiger partial charge in [-0.3, -0.25) is 4.98 Å². The Bertz CT molecular complexity index is 1510. The van der Waals surface area contributed by atoms with Crippen molar-refractivity contribution in [3.63, 3.8) is 0 Å². The SMILES string of the molecule is CC(C)(C)c1sc2c(NC[C@@H](N)Cc3ccccc3)nc(-c3ccncc3)nc2c1-c1cccc(N)c1. The zero-order chi connectivity index (χ0) is 26.0. The average molecular weight is 509 g/mol. The average Bonchev–Trinajstić information content (AvgIpc) is 3.29. The van der Waals surface area contributed by atoms with Gasteiger partial charge in [-0.05, 0) is 47.2 Å². The number of nitrogens with one attached hydrogen (secondary N) is 1. The van der Waals surface area contributed by atoms with Crippen LogP contribution in [0.2, 0.25) is 0 Å². The first-order valence-corrected chi connectivity index (χ1v) is 13.3. The zero-order valence-electron chi connectivity index (χ0n) is 21.4. The van der Waals surface area contributed by atoms with Gasteiger partial charge >= 0.3 is 0 Å². The Hall–Kier alpha value is -3.81. The third-order valence-electron chi connectivity index (χ3n) is 6.20. The van der Waals surface area contributed by atoms with Gasteiger partial charge in [-0.15, -0.1) is 11.3 Å². The molecule has 0 radical (unpaired) electrons. The fraction of sp³-hybridized carbons (Fsp3) is 0.233. The number of anilines is 2. The molecule has 5 N–H and O–H groups in total. The van der Waals surface area contributed by atoms with Gasteiger partial charge in [0.2, 0.25) is 0 Å². The summed E-state index contributed by atoms with van der Waals surface area (Å²) in [5.74, 6) is 1.45. The van der Waals surface area contributed by atoms with Crippen molar-refractivity contribution >= 4 is 33.1 Å². The monoisotopic (exact) mass is 508 g/mol. The molecule has 0 aliphatic rings. The van der Waals surface area contributed by atoms with E-state index in [0.29, 0.717) is 12.4 Å². The molecule has 5 aromatic rings. The highest BCUT2D eigenvalue weighted by molar-refractivity contribution is 7.20. The van der Waals surface area contributed by atoms with E-state index < -0.39 is 0 Å². The van der Waals surface area contributed by atoms with Crippen molar-refractivity contribution in [3.8, 4) is 22.5 Å². The first kappa shape index (κ1) is 24.9. The number of fused-ring (bicyclic) bond motifs is 1. The first-order chi connectivity index (χ1) is 17.8. The lowest BCUT2D eigenvalue weighted by molar-refractivity contribution is 0.605. The molecule has 37 heavy (non-hydrogen) atoms. The van der Waals surface area contributed by atoms with Crippen LogP contribution in [-0.4, -0.2) is 27.5 Å². The van der Waals surface area contributed by atoms with Crippen LogP contribution in [0.25, 0.3) is 32.7 Å². The van der Waals surface area contributed by atoms with E-state index in [1.54, 1.807) is 23.7 Å². The van der Waals surface area contributed by atoms with Crippen molar-refractivity contribution in [2.45, 2.75) is 38.6 Å². The molecule has 188 valence electrons. The summed E-state index contributed by atoms with van der Waals surface area (Å²) in [6.07, 6.45) is 4.31. The summed E-state index contributed by atoms with van der Waals surface area (Å²) in [5, 5.41) is 3.57. The van der Waals surface area contributed by atoms with Gasteiger partial charge in [-0.1, -0.05) is 63.2 Å². The summed E-state index contributed by atoms with van der Waals surface area (Å²) < 4.78 is 1.02. The maximum Gasteiger partial charge on any atom is 0.162 e. The Morgan fingerprint density at radius 3 is 2.38 bits per heavy atom. The molecule has 2 aromatic carbocycles. The highest BCUT2D eigenvalue weighted by Gasteiger charge is 2.27. The second-order valence-corrected chi connectivity index (χ2v) is 11.3. The Morgan fingerprint density at radius 1 is 0.919 bits per heavy atom. The molecule has 3 heterocycles. The zero-order valence-corrected chi connectivity index (χ0v) is 22.2. The molecule has 0 fully saturated rings. The Morgan fingerprint density at radius 2 is 1.68 bits per heavy atom. The second kappa shape index (κ2) is 10.3. The molecule has 7 heteroatoms. The highest BCUT2D eigenvalue weighted by atomic mass is 32.1. The van der Waals surface area contributed by atoms with Crippen molar-refractivity contribution in [1.29, 1.82) is 0 Å². The van der Waals surface area contributed by atoms with E-state index in [9.17, 15) is 0 Å². The van der Waals surface area contributed by atoms with Gasteiger partial charge in [-0.2, -0.15) is 0 Å². The van der Waals surface area contributed by atoms with Crippen molar-refractivity contribution in [2.75, 3.05) is 17.6 Å². The molecule has 0 saturated carbocycles. The van der Waals surface area contributed by atoms with Crippen molar-refractivity contribution in [3.05, 3.63) is 89.6 Å². The minimum Gasteiger partial charge on any atom is -0.399 e. The minimum absolute atomic E-state index is 0.0627. The van der Waals surface area contributed by atoms with Crippen LogP contribution in [-0.2, 0) is 11.8 Å². The predicted molar refractivity (Wildman–Crippen MR) is 156 cm³/mol. The van der Waals surface area contributed by atoms with Gasteiger partial charge in [-0.25, -0.2) is 9.97 Å². The van der Waals surface area contributed by atoms with Crippen LogP contribution in [0.5, 0.6) is 0 Å². The molecular weight excluding hydrogens is 476 g/mol. The lowest BCUT2D eigenvalue weighted by Crippen LogP contribution is -2.31. The molecule has 0 spiro atoms. The number of nitrogen functional groups attached to an aromatic ring is 1. The topological polar surface area (TPSA) is 103 Å². The maximum absolute atomic E-state index is 6.53. The minimum atomic E-state index is -0.0941. The van der Waals surface area contributed by atoms with Gasteiger partial charge in [0.25, 0.3) is 0 Å². The summed E-state index contributed by atoms with van der Waals surface area (Å²) in [5.41, 5.74) is 18.6. The second-order valence-electron chi connectivity index (χ2n) is 10.3. The van der Waals surface area contributed by atoms with Gasteiger partial charge < -0.3 is 16.8 Å². The number of hydrogen-bond donors (Lipinski definition) is 3. The summed E-state index contributed by atoms with van der Waals surface area (Å²) in [6.45, 7) is 7.28. The van der Waals surface area contributed by atoms with Crippen molar-refractivity contribution < 1.29 is 0 Å². The fourth-order valence-electron chi connectivity index (χ4n) is 4.43. The number of benzene rings is 2. The number of rotatable bonds is 7. The lowest BCUT2D eigenvalue weighted by atomic mass is 9.89.